The van der Waals surface area contributed by atoms with Gasteiger partial charge in [-0.2, -0.15) is 0 Å². The van der Waals surface area contributed by atoms with Crippen LogP contribution in [0.4, 0.5) is 5.69 Å². The molecule has 0 bridgehead atoms. The highest BCUT2D eigenvalue weighted by atomic mass is 16.4. The molecule has 86 valence electrons. The summed E-state index contributed by atoms with van der Waals surface area (Å²) >= 11 is 0. The van der Waals surface area contributed by atoms with E-state index in [0.29, 0.717) is 18.8 Å². The first kappa shape index (κ1) is 12.0. The van der Waals surface area contributed by atoms with Crippen LogP contribution in [0, 0.1) is 0 Å². The minimum absolute atomic E-state index is 0.0700. The molecule has 0 aromatic heterocycles. The summed E-state index contributed by atoms with van der Waals surface area (Å²) < 4.78 is 0. The van der Waals surface area contributed by atoms with Gasteiger partial charge in [0.25, 0.3) is 0 Å². The molecule has 16 heavy (non-hydrogen) atoms. The van der Waals surface area contributed by atoms with Gasteiger partial charge in [0.1, 0.15) is 0 Å². The summed E-state index contributed by atoms with van der Waals surface area (Å²) in [6, 6.07) is 3.84. The van der Waals surface area contributed by atoms with Gasteiger partial charge in [-0.3, -0.25) is 0 Å². The van der Waals surface area contributed by atoms with Gasteiger partial charge in [-0.15, -0.1) is 0 Å². The van der Waals surface area contributed by atoms with Gasteiger partial charge in [-0.25, -0.2) is 9.59 Å². The minimum atomic E-state index is -1.17. The number of rotatable bonds is 5. The summed E-state index contributed by atoms with van der Waals surface area (Å²) in [6.07, 6.45) is 0. The van der Waals surface area contributed by atoms with E-state index in [4.69, 9.17) is 15.9 Å². The SMILES string of the molecule is NCCNc1cc(C(=O)O)cc(C(=O)O)c1. The average Bonchev–Trinajstić information content (AvgIpc) is 2.25. The van der Waals surface area contributed by atoms with Gasteiger partial charge in [0.05, 0.1) is 11.1 Å². The molecular weight excluding hydrogens is 212 g/mol. The largest absolute Gasteiger partial charge is 0.478 e. The fourth-order valence-electron chi connectivity index (χ4n) is 1.19. The molecule has 1 aromatic rings. The van der Waals surface area contributed by atoms with Crippen LogP contribution in [0.2, 0.25) is 0 Å². The predicted molar refractivity (Wildman–Crippen MR) is 57.9 cm³/mol. The Morgan fingerprint density at radius 2 is 1.62 bits per heavy atom. The number of carboxylic acid groups (broad SMARTS) is 2. The van der Waals surface area contributed by atoms with Gasteiger partial charge in [0.15, 0.2) is 0 Å². The molecular formula is C10H12N2O4. The van der Waals surface area contributed by atoms with Gasteiger partial charge in [0, 0.05) is 18.8 Å². The van der Waals surface area contributed by atoms with Crippen LogP contribution >= 0.6 is 0 Å². The molecule has 6 nitrogen and oxygen atoms in total. The summed E-state index contributed by atoms with van der Waals surface area (Å²) in [5.74, 6) is -2.34. The monoisotopic (exact) mass is 224 g/mol. The Kier molecular flexibility index (Phi) is 3.84. The van der Waals surface area contributed by atoms with E-state index in [1.165, 1.54) is 12.1 Å². The Morgan fingerprint density at radius 3 is 2.00 bits per heavy atom. The fraction of sp³-hybridized carbons (Fsp3) is 0.200. The highest BCUT2D eigenvalue weighted by molar-refractivity contribution is 5.95. The zero-order chi connectivity index (χ0) is 12.1. The molecule has 1 aromatic carbocycles. The number of carboxylic acids is 2. The highest BCUT2D eigenvalue weighted by Crippen LogP contribution is 2.15. The summed E-state index contributed by atoms with van der Waals surface area (Å²) in [6.45, 7) is 0.821. The molecule has 0 saturated heterocycles. The third kappa shape index (κ3) is 2.96. The van der Waals surface area contributed by atoms with E-state index in [-0.39, 0.29) is 11.1 Å². The van der Waals surface area contributed by atoms with Crippen molar-refractivity contribution in [3.8, 4) is 0 Å². The third-order valence-electron chi connectivity index (χ3n) is 1.90. The molecule has 0 aliphatic rings. The van der Waals surface area contributed by atoms with Crippen molar-refractivity contribution in [2.24, 2.45) is 5.73 Å². The number of anilines is 1. The number of nitrogens with one attached hydrogen (secondary N) is 1. The first-order chi connectivity index (χ1) is 7.54. The third-order valence-corrected chi connectivity index (χ3v) is 1.90. The maximum absolute atomic E-state index is 10.8. The Hall–Kier alpha value is -2.08. The zero-order valence-corrected chi connectivity index (χ0v) is 8.43. The van der Waals surface area contributed by atoms with Gasteiger partial charge in [-0.1, -0.05) is 0 Å². The van der Waals surface area contributed by atoms with E-state index in [0.717, 1.165) is 6.07 Å². The second-order valence-electron chi connectivity index (χ2n) is 3.12. The number of hydrogen-bond donors (Lipinski definition) is 4. The van der Waals surface area contributed by atoms with Crippen LogP contribution in [0.1, 0.15) is 20.7 Å². The first-order valence-corrected chi connectivity index (χ1v) is 4.60. The lowest BCUT2D eigenvalue weighted by molar-refractivity contribution is 0.0696. The van der Waals surface area contributed by atoms with E-state index >= 15 is 0 Å². The summed E-state index contributed by atoms with van der Waals surface area (Å²) in [5.41, 5.74) is 5.57. The van der Waals surface area contributed by atoms with Crippen molar-refractivity contribution >= 4 is 17.6 Å². The van der Waals surface area contributed by atoms with Crippen molar-refractivity contribution in [3.05, 3.63) is 29.3 Å². The van der Waals surface area contributed by atoms with Crippen molar-refractivity contribution < 1.29 is 19.8 Å². The standard InChI is InChI=1S/C10H12N2O4/c11-1-2-12-8-4-6(9(13)14)3-7(5-8)10(15)16/h3-5,12H,1-2,11H2,(H,13,14)(H,15,16). The normalized spacial score (nSPS) is 9.81. The molecule has 0 atom stereocenters. The van der Waals surface area contributed by atoms with Crippen molar-refractivity contribution in [1.82, 2.24) is 0 Å². The molecule has 0 fully saturated rings. The first-order valence-electron chi connectivity index (χ1n) is 4.60. The molecule has 0 unspecified atom stereocenters. The number of benzene rings is 1. The van der Waals surface area contributed by atoms with Crippen LogP contribution in [0.3, 0.4) is 0 Å². The Bertz CT molecular complexity index is 385. The molecule has 0 amide bonds. The maximum Gasteiger partial charge on any atom is 0.335 e. The van der Waals surface area contributed by atoms with Crippen LogP contribution < -0.4 is 11.1 Å². The van der Waals surface area contributed by atoms with E-state index in [9.17, 15) is 9.59 Å². The summed E-state index contributed by atoms with van der Waals surface area (Å²) in [7, 11) is 0. The molecule has 6 heteroatoms. The van der Waals surface area contributed by atoms with Crippen molar-refractivity contribution in [2.45, 2.75) is 0 Å². The summed E-state index contributed by atoms with van der Waals surface area (Å²) in [5, 5.41) is 20.4. The second-order valence-corrected chi connectivity index (χ2v) is 3.12. The van der Waals surface area contributed by atoms with Crippen LogP contribution in [-0.4, -0.2) is 35.2 Å². The molecule has 0 aliphatic carbocycles. The lowest BCUT2D eigenvalue weighted by Crippen LogP contribution is -2.14. The van der Waals surface area contributed by atoms with Crippen molar-refractivity contribution in [3.63, 3.8) is 0 Å². The topological polar surface area (TPSA) is 113 Å². The zero-order valence-electron chi connectivity index (χ0n) is 8.43. The maximum atomic E-state index is 10.8. The van der Waals surface area contributed by atoms with E-state index < -0.39 is 11.9 Å². The van der Waals surface area contributed by atoms with Gasteiger partial charge in [-0.05, 0) is 18.2 Å². The smallest absolute Gasteiger partial charge is 0.335 e. The number of nitrogens with two attached hydrogens (primary N) is 1. The number of aromatic carboxylic acids is 2. The molecule has 0 aliphatic heterocycles. The van der Waals surface area contributed by atoms with Crippen LogP contribution in [-0.2, 0) is 0 Å². The number of carbonyl (C=O) groups is 2. The summed E-state index contributed by atoms with van der Waals surface area (Å²) in [4.78, 5) is 21.5. The lowest BCUT2D eigenvalue weighted by Gasteiger charge is -2.07. The molecule has 5 N–H and O–H groups in total. The average molecular weight is 224 g/mol. The number of hydrogen-bond acceptors (Lipinski definition) is 4. The predicted octanol–water partition coefficient (Wildman–Crippen LogP) is 0.454. The fourth-order valence-corrected chi connectivity index (χ4v) is 1.19. The van der Waals surface area contributed by atoms with Crippen LogP contribution in [0.15, 0.2) is 18.2 Å². The second kappa shape index (κ2) is 5.13. The quantitative estimate of drug-likeness (QED) is 0.577. The van der Waals surface area contributed by atoms with E-state index in [1.54, 1.807) is 0 Å². The Labute approximate surface area is 91.7 Å². The van der Waals surface area contributed by atoms with Crippen LogP contribution in [0.25, 0.3) is 0 Å². The van der Waals surface area contributed by atoms with Gasteiger partial charge >= 0.3 is 11.9 Å². The van der Waals surface area contributed by atoms with Crippen molar-refractivity contribution in [1.29, 1.82) is 0 Å². The molecule has 0 saturated carbocycles. The van der Waals surface area contributed by atoms with Gasteiger partial charge < -0.3 is 21.3 Å². The lowest BCUT2D eigenvalue weighted by atomic mass is 10.1. The highest BCUT2D eigenvalue weighted by Gasteiger charge is 2.10. The Morgan fingerprint density at radius 1 is 1.12 bits per heavy atom. The van der Waals surface area contributed by atoms with Crippen molar-refractivity contribution in [2.75, 3.05) is 18.4 Å². The Balaban J connectivity index is 3.08. The molecule has 0 spiro atoms. The molecule has 1 rings (SSSR count). The van der Waals surface area contributed by atoms with E-state index in [1.807, 2.05) is 0 Å². The van der Waals surface area contributed by atoms with E-state index in [2.05, 4.69) is 5.32 Å². The van der Waals surface area contributed by atoms with Gasteiger partial charge in [0.2, 0.25) is 0 Å². The molecule has 0 heterocycles. The van der Waals surface area contributed by atoms with Crippen LogP contribution in [0.5, 0.6) is 0 Å². The molecule has 0 radical (unpaired) electrons. The minimum Gasteiger partial charge on any atom is -0.478 e.